The van der Waals surface area contributed by atoms with Gasteiger partial charge in [0.05, 0.1) is 0 Å². The molecule has 76 valence electrons. The van der Waals surface area contributed by atoms with Crippen molar-refractivity contribution in [2.24, 2.45) is 0 Å². The van der Waals surface area contributed by atoms with Gasteiger partial charge in [-0.05, 0) is 34.9 Å². The number of benzene rings is 1. The smallest absolute Gasteiger partial charge is 0.222 e. The van der Waals surface area contributed by atoms with Gasteiger partial charge in [-0.2, -0.15) is 0 Å². The van der Waals surface area contributed by atoms with Crippen LogP contribution in [0.3, 0.4) is 0 Å². The van der Waals surface area contributed by atoms with E-state index in [2.05, 4.69) is 9.97 Å². The van der Waals surface area contributed by atoms with Gasteiger partial charge in [0.15, 0.2) is 0 Å². The number of rotatable bonds is 2. The second-order valence-corrected chi connectivity index (χ2v) is 3.94. The van der Waals surface area contributed by atoms with E-state index >= 15 is 0 Å². The van der Waals surface area contributed by atoms with Crippen LogP contribution in [0, 0.1) is 0 Å². The highest BCUT2D eigenvalue weighted by molar-refractivity contribution is 6.30. The van der Waals surface area contributed by atoms with Crippen LogP contribution in [0.1, 0.15) is 11.1 Å². The standard InChI is InChI=1S/C11H8Cl2N2/c12-10-3-1-2-8(5-10)4-9-6-14-11(13)15-7-9/h1-3,5-7H,4H2. The first-order chi connectivity index (χ1) is 7.24. The SMILES string of the molecule is Clc1cccc(Cc2cnc(Cl)nc2)c1. The molecular weight excluding hydrogens is 231 g/mol. The number of halogens is 2. The molecule has 4 heteroatoms. The molecule has 0 fully saturated rings. The van der Waals surface area contributed by atoms with E-state index in [0.29, 0.717) is 0 Å². The van der Waals surface area contributed by atoms with Crippen molar-refractivity contribution in [2.45, 2.75) is 6.42 Å². The lowest BCUT2D eigenvalue weighted by molar-refractivity contribution is 1.07. The highest BCUT2D eigenvalue weighted by atomic mass is 35.5. The van der Waals surface area contributed by atoms with Crippen LogP contribution in [0.2, 0.25) is 10.3 Å². The van der Waals surface area contributed by atoms with E-state index in [1.165, 1.54) is 0 Å². The Hall–Kier alpha value is -1.12. The lowest BCUT2D eigenvalue weighted by atomic mass is 10.1. The highest BCUT2D eigenvalue weighted by Gasteiger charge is 1.98. The Morgan fingerprint density at radius 1 is 1.00 bits per heavy atom. The Bertz CT molecular complexity index is 454. The lowest BCUT2D eigenvalue weighted by Gasteiger charge is -2.01. The van der Waals surface area contributed by atoms with Crippen molar-refractivity contribution in [3.8, 4) is 0 Å². The fourth-order valence-electron chi connectivity index (χ4n) is 1.31. The molecule has 2 aromatic rings. The molecule has 1 aromatic carbocycles. The zero-order chi connectivity index (χ0) is 10.7. The third kappa shape index (κ3) is 2.91. The Morgan fingerprint density at radius 3 is 2.40 bits per heavy atom. The van der Waals surface area contributed by atoms with E-state index in [4.69, 9.17) is 23.2 Å². The fourth-order valence-corrected chi connectivity index (χ4v) is 1.62. The first-order valence-electron chi connectivity index (χ1n) is 4.45. The molecule has 0 amide bonds. The molecule has 0 N–H and O–H groups in total. The Kier molecular flexibility index (Phi) is 3.19. The van der Waals surface area contributed by atoms with E-state index in [9.17, 15) is 0 Å². The van der Waals surface area contributed by atoms with Crippen LogP contribution in [0.4, 0.5) is 0 Å². The van der Waals surface area contributed by atoms with Gasteiger partial charge in [-0.1, -0.05) is 23.7 Å². The monoisotopic (exact) mass is 238 g/mol. The first kappa shape index (κ1) is 10.4. The Labute approximate surface area is 97.9 Å². The molecule has 2 nitrogen and oxygen atoms in total. The van der Waals surface area contributed by atoms with Gasteiger partial charge in [-0.3, -0.25) is 0 Å². The zero-order valence-corrected chi connectivity index (χ0v) is 9.33. The number of aromatic nitrogens is 2. The molecular formula is C11H8Cl2N2. The Morgan fingerprint density at radius 2 is 1.73 bits per heavy atom. The molecule has 2 rings (SSSR count). The summed E-state index contributed by atoms with van der Waals surface area (Å²) in [6.45, 7) is 0. The maximum Gasteiger partial charge on any atom is 0.222 e. The van der Waals surface area contributed by atoms with E-state index in [1.807, 2.05) is 24.3 Å². The molecule has 0 radical (unpaired) electrons. The number of hydrogen-bond acceptors (Lipinski definition) is 2. The van der Waals surface area contributed by atoms with Crippen LogP contribution in [0.5, 0.6) is 0 Å². The minimum Gasteiger partial charge on any atom is -0.226 e. The summed E-state index contributed by atoms with van der Waals surface area (Å²) in [7, 11) is 0. The summed E-state index contributed by atoms with van der Waals surface area (Å²) in [5.41, 5.74) is 2.15. The van der Waals surface area contributed by atoms with Gasteiger partial charge in [0.2, 0.25) is 5.28 Å². The van der Waals surface area contributed by atoms with Crippen molar-refractivity contribution in [3.63, 3.8) is 0 Å². The molecule has 0 saturated carbocycles. The summed E-state index contributed by atoms with van der Waals surface area (Å²) in [5.74, 6) is 0. The second kappa shape index (κ2) is 4.60. The van der Waals surface area contributed by atoms with Gasteiger partial charge in [0.25, 0.3) is 0 Å². The fraction of sp³-hybridized carbons (Fsp3) is 0.0909. The molecule has 0 aliphatic heterocycles. The van der Waals surface area contributed by atoms with E-state index in [-0.39, 0.29) is 5.28 Å². The maximum absolute atomic E-state index is 5.88. The van der Waals surface area contributed by atoms with Crippen LogP contribution < -0.4 is 0 Å². The summed E-state index contributed by atoms with van der Waals surface area (Å²) >= 11 is 11.5. The molecule has 0 atom stereocenters. The lowest BCUT2D eigenvalue weighted by Crippen LogP contribution is -1.91. The first-order valence-corrected chi connectivity index (χ1v) is 5.20. The van der Waals surface area contributed by atoms with Gasteiger partial charge in [0, 0.05) is 23.8 Å². The quantitative estimate of drug-likeness (QED) is 0.751. The van der Waals surface area contributed by atoms with Crippen molar-refractivity contribution in [1.29, 1.82) is 0 Å². The number of hydrogen-bond donors (Lipinski definition) is 0. The third-order valence-electron chi connectivity index (χ3n) is 1.97. The molecule has 0 bridgehead atoms. The minimum absolute atomic E-state index is 0.268. The number of nitrogens with zero attached hydrogens (tertiary/aromatic N) is 2. The molecule has 15 heavy (non-hydrogen) atoms. The van der Waals surface area contributed by atoms with Crippen molar-refractivity contribution >= 4 is 23.2 Å². The van der Waals surface area contributed by atoms with Crippen LogP contribution in [-0.2, 0) is 6.42 Å². The van der Waals surface area contributed by atoms with Crippen LogP contribution in [0.25, 0.3) is 0 Å². The summed E-state index contributed by atoms with van der Waals surface area (Å²) in [4.78, 5) is 7.84. The molecule has 0 unspecified atom stereocenters. The second-order valence-electron chi connectivity index (χ2n) is 3.17. The van der Waals surface area contributed by atoms with E-state index < -0.39 is 0 Å². The maximum atomic E-state index is 5.88. The van der Waals surface area contributed by atoms with Crippen LogP contribution in [0.15, 0.2) is 36.7 Å². The van der Waals surface area contributed by atoms with Gasteiger partial charge < -0.3 is 0 Å². The topological polar surface area (TPSA) is 25.8 Å². The van der Waals surface area contributed by atoms with Crippen LogP contribution in [-0.4, -0.2) is 9.97 Å². The Balaban J connectivity index is 2.18. The third-order valence-corrected chi connectivity index (χ3v) is 2.40. The van der Waals surface area contributed by atoms with Crippen molar-refractivity contribution in [3.05, 3.63) is 58.1 Å². The van der Waals surface area contributed by atoms with E-state index in [1.54, 1.807) is 12.4 Å². The summed E-state index contributed by atoms with van der Waals surface area (Å²) in [6, 6.07) is 7.72. The molecule has 0 aliphatic rings. The average Bonchev–Trinajstić information content (AvgIpc) is 2.22. The average molecular weight is 239 g/mol. The van der Waals surface area contributed by atoms with Crippen LogP contribution >= 0.6 is 23.2 Å². The molecule has 0 aliphatic carbocycles. The van der Waals surface area contributed by atoms with E-state index in [0.717, 1.165) is 22.6 Å². The largest absolute Gasteiger partial charge is 0.226 e. The summed E-state index contributed by atoms with van der Waals surface area (Å²) in [6.07, 6.45) is 4.20. The normalized spacial score (nSPS) is 10.3. The van der Waals surface area contributed by atoms with Gasteiger partial charge in [0.1, 0.15) is 0 Å². The summed E-state index contributed by atoms with van der Waals surface area (Å²) in [5, 5.41) is 1.01. The predicted octanol–water partition coefficient (Wildman–Crippen LogP) is 3.37. The zero-order valence-electron chi connectivity index (χ0n) is 7.82. The van der Waals surface area contributed by atoms with Crippen molar-refractivity contribution in [1.82, 2.24) is 9.97 Å². The molecule has 0 saturated heterocycles. The highest BCUT2D eigenvalue weighted by Crippen LogP contribution is 2.14. The molecule has 0 spiro atoms. The molecule has 1 heterocycles. The summed E-state index contributed by atoms with van der Waals surface area (Å²) < 4.78 is 0. The molecule has 1 aromatic heterocycles. The van der Waals surface area contributed by atoms with Crippen molar-refractivity contribution < 1.29 is 0 Å². The van der Waals surface area contributed by atoms with Crippen molar-refractivity contribution in [2.75, 3.05) is 0 Å². The van der Waals surface area contributed by atoms with Gasteiger partial charge in [-0.15, -0.1) is 0 Å². The minimum atomic E-state index is 0.268. The predicted molar refractivity (Wildman–Crippen MR) is 61.3 cm³/mol. The van der Waals surface area contributed by atoms with Gasteiger partial charge in [-0.25, -0.2) is 9.97 Å². The van der Waals surface area contributed by atoms with Gasteiger partial charge >= 0.3 is 0 Å².